The van der Waals surface area contributed by atoms with Crippen LogP contribution in [0.15, 0.2) is 4.60 Å². The first-order chi connectivity index (χ1) is 6.89. The fourth-order valence-electron chi connectivity index (χ4n) is 2.11. The lowest BCUT2D eigenvalue weighted by Gasteiger charge is -2.26. The molecule has 0 radical (unpaired) electrons. The molecule has 0 saturated carbocycles. The maximum absolute atomic E-state index is 6.01. The summed E-state index contributed by atoms with van der Waals surface area (Å²) in [5.74, 6) is 1.14. The number of nitrogens with zero attached hydrogens (tertiary/aromatic N) is 2. The van der Waals surface area contributed by atoms with Crippen LogP contribution in [-0.2, 0) is 18.4 Å². The molecule has 4 heteroatoms. The third kappa shape index (κ3) is 1.97. The number of aromatic nitrogens is 2. The quantitative estimate of drug-likeness (QED) is 0.787. The molecule has 2 N–H and O–H groups in total. The van der Waals surface area contributed by atoms with Gasteiger partial charge in [0, 0.05) is 18.0 Å². The second-order valence-electron chi connectivity index (χ2n) is 5.33. The van der Waals surface area contributed by atoms with Gasteiger partial charge in [0.1, 0.15) is 10.4 Å². The third-order valence-corrected chi connectivity index (χ3v) is 3.50. The molecule has 1 unspecified atom stereocenters. The Balaban J connectivity index is 2.50. The average Bonchev–Trinajstić information content (AvgIpc) is 2.42. The van der Waals surface area contributed by atoms with Crippen LogP contribution < -0.4 is 5.73 Å². The van der Waals surface area contributed by atoms with Gasteiger partial charge in [-0.15, -0.1) is 0 Å². The summed E-state index contributed by atoms with van der Waals surface area (Å²) < 4.78 is 3.29. The van der Waals surface area contributed by atoms with Gasteiger partial charge in [-0.25, -0.2) is 4.98 Å². The highest BCUT2D eigenvalue weighted by molar-refractivity contribution is 9.10. The molecule has 1 aliphatic heterocycles. The van der Waals surface area contributed by atoms with Crippen LogP contribution in [0.25, 0.3) is 0 Å². The number of halogens is 1. The van der Waals surface area contributed by atoms with Crippen molar-refractivity contribution in [2.45, 2.75) is 51.6 Å². The van der Waals surface area contributed by atoms with E-state index in [9.17, 15) is 0 Å². The SMILES string of the molecule is CC(C)(C)c1nc(Br)c2n1CC(N)CC2. The van der Waals surface area contributed by atoms with Crippen molar-refractivity contribution < 1.29 is 0 Å². The Morgan fingerprint density at radius 3 is 2.73 bits per heavy atom. The monoisotopic (exact) mass is 271 g/mol. The molecule has 2 heterocycles. The van der Waals surface area contributed by atoms with Crippen LogP contribution in [-0.4, -0.2) is 15.6 Å². The fourth-order valence-corrected chi connectivity index (χ4v) is 2.69. The zero-order chi connectivity index (χ0) is 11.2. The third-order valence-electron chi connectivity index (χ3n) is 2.86. The van der Waals surface area contributed by atoms with Crippen LogP contribution in [0.3, 0.4) is 0 Å². The van der Waals surface area contributed by atoms with Gasteiger partial charge in [-0.05, 0) is 28.8 Å². The molecule has 1 aromatic rings. The van der Waals surface area contributed by atoms with Crippen molar-refractivity contribution in [3.05, 3.63) is 16.1 Å². The van der Waals surface area contributed by atoms with Crippen molar-refractivity contribution in [2.75, 3.05) is 0 Å². The first kappa shape index (κ1) is 11.1. The van der Waals surface area contributed by atoms with Crippen LogP contribution in [0.5, 0.6) is 0 Å². The molecule has 0 aromatic carbocycles. The number of hydrogen-bond donors (Lipinski definition) is 1. The minimum Gasteiger partial charge on any atom is -0.329 e. The van der Waals surface area contributed by atoms with Gasteiger partial charge in [0.25, 0.3) is 0 Å². The van der Waals surface area contributed by atoms with Gasteiger partial charge >= 0.3 is 0 Å². The molecule has 3 nitrogen and oxygen atoms in total. The molecule has 2 rings (SSSR count). The number of hydrogen-bond acceptors (Lipinski definition) is 2. The van der Waals surface area contributed by atoms with Crippen LogP contribution in [0.4, 0.5) is 0 Å². The van der Waals surface area contributed by atoms with Crippen molar-refractivity contribution in [1.29, 1.82) is 0 Å². The van der Waals surface area contributed by atoms with E-state index in [0.29, 0.717) is 0 Å². The zero-order valence-corrected chi connectivity index (χ0v) is 11.1. The highest BCUT2D eigenvalue weighted by Gasteiger charge is 2.28. The Hall–Kier alpha value is -0.350. The lowest BCUT2D eigenvalue weighted by Crippen LogP contribution is -2.34. The van der Waals surface area contributed by atoms with E-state index in [2.05, 4.69) is 46.3 Å². The van der Waals surface area contributed by atoms with Crippen molar-refractivity contribution in [2.24, 2.45) is 5.73 Å². The molecule has 15 heavy (non-hydrogen) atoms. The molecule has 1 atom stereocenters. The zero-order valence-electron chi connectivity index (χ0n) is 9.55. The molecule has 0 bridgehead atoms. The van der Waals surface area contributed by atoms with E-state index in [1.807, 2.05) is 0 Å². The molecule has 1 aromatic heterocycles. The molecule has 0 spiro atoms. The summed E-state index contributed by atoms with van der Waals surface area (Å²) in [6.07, 6.45) is 2.10. The van der Waals surface area contributed by atoms with E-state index in [-0.39, 0.29) is 11.5 Å². The summed E-state index contributed by atoms with van der Waals surface area (Å²) in [6.45, 7) is 7.47. The molecule has 1 aliphatic rings. The Bertz CT molecular complexity index is 376. The molecular formula is C11H18BrN3. The van der Waals surface area contributed by atoms with Gasteiger partial charge in [-0.3, -0.25) is 0 Å². The molecule has 0 fully saturated rings. The summed E-state index contributed by atoms with van der Waals surface area (Å²) in [5.41, 5.74) is 7.40. The highest BCUT2D eigenvalue weighted by atomic mass is 79.9. The van der Waals surface area contributed by atoms with E-state index in [1.54, 1.807) is 0 Å². The summed E-state index contributed by atoms with van der Waals surface area (Å²) in [6, 6.07) is 0.277. The summed E-state index contributed by atoms with van der Waals surface area (Å²) in [5, 5.41) is 0. The number of fused-ring (bicyclic) bond motifs is 1. The summed E-state index contributed by atoms with van der Waals surface area (Å²) in [4.78, 5) is 4.62. The Labute approximate surface area is 99.2 Å². The molecule has 0 amide bonds. The normalized spacial score (nSPS) is 21.5. The molecule has 0 saturated heterocycles. The second-order valence-corrected chi connectivity index (χ2v) is 6.08. The van der Waals surface area contributed by atoms with Crippen molar-refractivity contribution >= 4 is 15.9 Å². The molecule has 0 aliphatic carbocycles. The average molecular weight is 272 g/mol. The van der Waals surface area contributed by atoms with Crippen LogP contribution >= 0.6 is 15.9 Å². The first-order valence-corrected chi connectivity index (χ1v) is 6.20. The van der Waals surface area contributed by atoms with E-state index < -0.39 is 0 Å². The minimum absolute atomic E-state index is 0.0812. The van der Waals surface area contributed by atoms with Gasteiger partial charge in [0.2, 0.25) is 0 Å². The van der Waals surface area contributed by atoms with E-state index >= 15 is 0 Å². The van der Waals surface area contributed by atoms with Gasteiger partial charge in [-0.1, -0.05) is 20.8 Å². The standard InChI is InChI=1S/C11H18BrN3/c1-11(2,3)10-14-9(12)8-5-4-7(13)6-15(8)10/h7H,4-6,13H2,1-3H3. The smallest absolute Gasteiger partial charge is 0.127 e. The topological polar surface area (TPSA) is 43.8 Å². The number of nitrogens with two attached hydrogens (primary N) is 1. The maximum atomic E-state index is 6.01. The number of rotatable bonds is 0. The Kier molecular flexibility index (Phi) is 2.67. The minimum atomic E-state index is 0.0812. The lowest BCUT2D eigenvalue weighted by atomic mass is 9.95. The fraction of sp³-hybridized carbons (Fsp3) is 0.727. The van der Waals surface area contributed by atoms with Crippen LogP contribution in [0.2, 0.25) is 0 Å². The van der Waals surface area contributed by atoms with E-state index in [0.717, 1.165) is 29.8 Å². The van der Waals surface area contributed by atoms with E-state index in [1.165, 1.54) is 5.69 Å². The predicted octanol–water partition coefficient (Wildman–Crippen LogP) is 2.22. The van der Waals surface area contributed by atoms with Crippen molar-refractivity contribution in [3.8, 4) is 0 Å². The lowest BCUT2D eigenvalue weighted by molar-refractivity contribution is 0.415. The van der Waals surface area contributed by atoms with Gasteiger partial charge in [0.05, 0.1) is 5.69 Å². The largest absolute Gasteiger partial charge is 0.329 e. The van der Waals surface area contributed by atoms with Crippen LogP contribution in [0, 0.1) is 0 Å². The first-order valence-electron chi connectivity index (χ1n) is 5.40. The second kappa shape index (κ2) is 3.59. The van der Waals surface area contributed by atoms with Crippen molar-refractivity contribution in [1.82, 2.24) is 9.55 Å². The molecule has 84 valence electrons. The predicted molar refractivity (Wildman–Crippen MR) is 64.9 cm³/mol. The van der Waals surface area contributed by atoms with Crippen LogP contribution in [0.1, 0.15) is 38.7 Å². The van der Waals surface area contributed by atoms with Gasteiger partial charge in [-0.2, -0.15) is 0 Å². The molecular weight excluding hydrogens is 254 g/mol. The van der Waals surface area contributed by atoms with Gasteiger partial charge < -0.3 is 10.3 Å². The maximum Gasteiger partial charge on any atom is 0.127 e. The van der Waals surface area contributed by atoms with E-state index in [4.69, 9.17) is 5.73 Å². The van der Waals surface area contributed by atoms with Crippen molar-refractivity contribution in [3.63, 3.8) is 0 Å². The van der Waals surface area contributed by atoms with Gasteiger partial charge in [0.15, 0.2) is 0 Å². The summed E-state index contributed by atoms with van der Waals surface area (Å²) in [7, 11) is 0. The summed E-state index contributed by atoms with van der Waals surface area (Å²) >= 11 is 3.54. The highest BCUT2D eigenvalue weighted by Crippen LogP contribution is 2.30. The number of imidazole rings is 1. The Morgan fingerprint density at radius 2 is 2.13 bits per heavy atom. The Morgan fingerprint density at radius 1 is 1.47 bits per heavy atom.